The van der Waals surface area contributed by atoms with E-state index >= 15 is 0 Å². The molecule has 1 fully saturated rings. The summed E-state index contributed by atoms with van der Waals surface area (Å²) in [5, 5.41) is 6.85. The van der Waals surface area contributed by atoms with E-state index in [-0.39, 0.29) is 5.91 Å². The van der Waals surface area contributed by atoms with Gasteiger partial charge >= 0.3 is 0 Å². The van der Waals surface area contributed by atoms with Crippen LogP contribution in [0.1, 0.15) is 36.9 Å². The molecule has 2 aromatic heterocycles. The lowest BCUT2D eigenvalue weighted by molar-refractivity contribution is -0.114. The molecule has 0 aliphatic carbocycles. The van der Waals surface area contributed by atoms with Gasteiger partial charge in [0.15, 0.2) is 5.13 Å². The number of nitrogens with zero attached hydrogens (tertiary/aromatic N) is 2. The van der Waals surface area contributed by atoms with Crippen molar-refractivity contribution in [3.05, 3.63) is 71.2 Å². The molecule has 4 aromatic rings. The van der Waals surface area contributed by atoms with Crippen molar-refractivity contribution in [2.75, 3.05) is 18.4 Å². The van der Waals surface area contributed by atoms with E-state index in [0.717, 1.165) is 38.2 Å². The fourth-order valence-corrected chi connectivity index (χ4v) is 5.36. The van der Waals surface area contributed by atoms with E-state index in [9.17, 15) is 4.79 Å². The average Bonchev–Trinajstić information content (AvgIpc) is 3.39. The highest BCUT2D eigenvalue weighted by molar-refractivity contribution is 7.13. The summed E-state index contributed by atoms with van der Waals surface area (Å²) in [6, 6.07) is 19.3. The van der Waals surface area contributed by atoms with Crippen LogP contribution in [0, 0.1) is 0 Å². The summed E-state index contributed by atoms with van der Waals surface area (Å²) in [6.45, 7) is 4.44. The number of aromatic nitrogens is 2. The van der Waals surface area contributed by atoms with Crippen LogP contribution in [0.2, 0.25) is 0 Å². The zero-order valence-corrected chi connectivity index (χ0v) is 18.4. The van der Waals surface area contributed by atoms with Gasteiger partial charge in [-0.15, -0.1) is 11.3 Å². The number of aromatic amines is 1. The number of thiazole rings is 1. The van der Waals surface area contributed by atoms with Crippen LogP contribution < -0.4 is 5.32 Å². The standard InChI is InChI=1S/C25H26N4OS/c1-17(30)26-25-27-20(16-31-25)15-29-13-11-18(12-14-29)23-21-9-5-6-10-22(21)28-24(23)19-7-3-2-4-8-19/h2-10,16,18,28H,11-15H2,1H3,(H,26,27,30). The Kier molecular flexibility index (Phi) is 5.57. The van der Waals surface area contributed by atoms with E-state index in [1.54, 1.807) is 0 Å². The molecule has 6 heteroatoms. The molecule has 31 heavy (non-hydrogen) atoms. The Morgan fingerprint density at radius 1 is 1.13 bits per heavy atom. The predicted molar refractivity (Wildman–Crippen MR) is 127 cm³/mol. The minimum atomic E-state index is -0.0744. The van der Waals surface area contributed by atoms with Gasteiger partial charge in [0.05, 0.1) is 5.69 Å². The van der Waals surface area contributed by atoms with Crippen LogP contribution in [0.5, 0.6) is 0 Å². The third kappa shape index (κ3) is 4.27. The van der Waals surface area contributed by atoms with Gasteiger partial charge in [0.2, 0.25) is 5.91 Å². The van der Waals surface area contributed by atoms with E-state index in [2.05, 4.69) is 74.8 Å². The molecule has 0 spiro atoms. The highest BCUT2D eigenvalue weighted by Gasteiger charge is 2.26. The molecule has 0 radical (unpaired) electrons. The summed E-state index contributed by atoms with van der Waals surface area (Å²) in [5.41, 5.74) is 6.22. The van der Waals surface area contributed by atoms with Crippen molar-refractivity contribution >= 4 is 33.3 Å². The summed E-state index contributed by atoms with van der Waals surface area (Å²) in [7, 11) is 0. The highest BCUT2D eigenvalue weighted by Crippen LogP contribution is 2.40. The first kappa shape index (κ1) is 20.0. The Morgan fingerprint density at radius 2 is 1.87 bits per heavy atom. The Labute approximate surface area is 186 Å². The number of carbonyl (C=O) groups is 1. The second-order valence-electron chi connectivity index (χ2n) is 8.20. The first-order valence-corrected chi connectivity index (χ1v) is 11.7. The minimum Gasteiger partial charge on any atom is -0.354 e. The fraction of sp³-hybridized carbons (Fsp3) is 0.280. The number of hydrogen-bond acceptors (Lipinski definition) is 4. The molecule has 5 rings (SSSR count). The van der Waals surface area contributed by atoms with Crippen molar-refractivity contribution in [2.24, 2.45) is 0 Å². The lowest BCUT2D eigenvalue weighted by atomic mass is 9.86. The van der Waals surface area contributed by atoms with E-state index in [0.29, 0.717) is 11.0 Å². The van der Waals surface area contributed by atoms with Crippen molar-refractivity contribution in [1.29, 1.82) is 0 Å². The van der Waals surface area contributed by atoms with Crippen LogP contribution in [0.4, 0.5) is 5.13 Å². The molecular formula is C25H26N4OS. The molecular weight excluding hydrogens is 404 g/mol. The van der Waals surface area contributed by atoms with Gasteiger partial charge < -0.3 is 10.3 Å². The summed E-state index contributed by atoms with van der Waals surface area (Å²) in [4.78, 5) is 21.9. The van der Waals surface area contributed by atoms with Crippen molar-refractivity contribution < 1.29 is 4.79 Å². The maximum atomic E-state index is 11.2. The van der Waals surface area contributed by atoms with Crippen LogP contribution in [0.3, 0.4) is 0 Å². The molecule has 0 saturated carbocycles. The van der Waals surface area contributed by atoms with E-state index in [1.165, 1.54) is 46.0 Å². The number of hydrogen-bond donors (Lipinski definition) is 2. The molecule has 2 aromatic carbocycles. The van der Waals surface area contributed by atoms with E-state index in [1.807, 2.05) is 5.38 Å². The topological polar surface area (TPSA) is 61.0 Å². The van der Waals surface area contributed by atoms with Crippen LogP contribution >= 0.6 is 11.3 Å². The molecule has 1 saturated heterocycles. The van der Waals surface area contributed by atoms with Gasteiger partial charge in [-0.05, 0) is 49.0 Å². The smallest absolute Gasteiger partial charge is 0.223 e. The maximum Gasteiger partial charge on any atom is 0.223 e. The summed E-state index contributed by atoms with van der Waals surface area (Å²) in [6.07, 6.45) is 2.26. The van der Waals surface area contributed by atoms with Crippen molar-refractivity contribution in [3.8, 4) is 11.3 Å². The predicted octanol–water partition coefficient (Wildman–Crippen LogP) is 5.63. The second-order valence-corrected chi connectivity index (χ2v) is 9.06. The fourth-order valence-electron chi connectivity index (χ4n) is 4.62. The number of H-pyrrole nitrogens is 1. The summed E-state index contributed by atoms with van der Waals surface area (Å²) >= 11 is 1.49. The number of amides is 1. The maximum absolute atomic E-state index is 11.2. The zero-order valence-electron chi connectivity index (χ0n) is 17.6. The number of fused-ring (bicyclic) bond motifs is 1. The molecule has 0 atom stereocenters. The molecule has 5 nitrogen and oxygen atoms in total. The average molecular weight is 431 g/mol. The van der Waals surface area contributed by atoms with Crippen LogP contribution in [0.15, 0.2) is 60.0 Å². The molecule has 3 heterocycles. The minimum absolute atomic E-state index is 0.0744. The van der Waals surface area contributed by atoms with Crippen LogP contribution in [-0.4, -0.2) is 33.9 Å². The van der Waals surface area contributed by atoms with Gasteiger partial charge in [0.1, 0.15) is 0 Å². The Morgan fingerprint density at radius 3 is 2.65 bits per heavy atom. The number of piperidine rings is 1. The Bertz CT molecular complexity index is 1190. The SMILES string of the molecule is CC(=O)Nc1nc(CN2CCC(c3c(-c4ccccc4)[nH]c4ccccc34)CC2)cs1. The van der Waals surface area contributed by atoms with Crippen LogP contribution in [0.25, 0.3) is 22.2 Å². The summed E-state index contributed by atoms with van der Waals surface area (Å²) < 4.78 is 0. The third-order valence-electron chi connectivity index (χ3n) is 6.02. The third-order valence-corrected chi connectivity index (χ3v) is 6.83. The molecule has 0 unspecified atom stereocenters. The van der Waals surface area contributed by atoms with E-state index in [4.69, 9.17) is 0 Å². The first-order chi connectivity index (χ1) is 15.2. The van der Waals surface area contributed by atoms with Gasteiger partial charge in [-0.2, -0.15) is 0 Å². The van der Waals surface area contributed by atoms with Gasteiger partial charge in [-0.25, -0.2) is 4.98 Å². The van der Waals surface area contributed by atoms with E-state index < -0.39 is 0 Å². The number of rotatable bonds is 5. The normalized spacial score (nSPS) is 15.4. The Balaban J connectivity index is 1.34. The lowest BCUT2D eigenvalue weighted by Crippen LogP contribution is -2.32. The van der Waals surface area contributed by atoms with Crippen molar-refractivity contribution in [1.82, 2.24) is 14.9 Å². The number of likely N-dealkylation sites (tertiary alicyclic amines) is 1. The van der Waals surface area contributed by atoms with Crippen molar-refractivity contribution in [2.45, 2.75) is 32.2 Å². The quantitative estimate of drug-likeness (QED) is 0.431. The number of anilines is 1. The van der Waals surface area contributed by atoms with Gasteiger partial charge in [0.25, 0.3) is 0 Å². The van der Waals surface area contributed by atoms with Crippen LogP contribution in [-0.2, 0) is 11.3 Å². The molecule has 1 amide bonds. The molecule has 0 bridgehead atoms. The van der Waals surface area contributed by atoms with Gasteiger partial charge in [-0.3, -0.25) is 9.69 Å². The summed E-state index contributed by atoms with van der Waals surface area (Å²) in [5.74, 6) is 0.461. The number of carbonyl (C=O) groups excluding carboxylic acids is 1. The van der Waals surface area contributed by atoms with Crippen molar-refractivity contribution in [3.63, 3.8) is 0 Å². The molecule has 1 aliphatic rings. The van der Waals surface area contributed by atoms with Gasteiger partial charge in [0, 0.05) is 35.4 Å². The molecule has 1 aliphatic heterocycles. The Hall–Kier alpha value is -2.96. The zero-order chi connectivity index (χ0) is 21.2. The number of benzene rings is 2. The lowest BCUT2D eigenvalue weighted by Gasteiger charge is -2.32. The number of para-hydroxylation sites is 1. The molecule has 2 N–H and O–H groups in total. The number of nitrogens with one attached hydrogen (secondary N) is 2. The van der Waals surface area contributed by atoms with Gasteiger partial charge in [-0.1, -0.05) is 48.5 Å². The monoisotopic (exact) mass is 430 g/mol. The largest absolute Gasteiger partial charge is 0.354 e. The highest BCUT2D eigenvalue weighted by atomic mass is 32.1. The first-order valence-electron chi connectivity index (χ1n) is 10.8. The second kappa shape index (κ2) is 8.65. The molecule has 158 valence electrons.